The molecule has 24 heavy (non-hydrogen) atoms. The molecule has 0 amide bonds. The van der Waals surface area contributed by atoms with Gasteiger partial charge in [0, 0.05) is 12.6 Å². The number of unbranched alkanes of at least 4 members (excludes halogenated alkanes) is 9. The monoisotopic (exact) mass is 361 g/mol. The molecule has 0 saturated heterocycles. The summed E-state index contributed by atoms with van der Waals surface area (Å²) in [6.07, 6.45) is 23.0. The van der Waals surface area contributed by atoms with E-state index < -0.39 is 10.4 Å². The number of nitrogens with zero attached hydrogens (tertiary/aromatic N) is 1. The molecule has 0 saturated carbocycles. The highest BCUT2D eigenvalue weighted by atomic mass is 32.3. The van der Waals surface area contributed by atoms with Crippen LogP contribution in [0.15, 0.2) is 24.4 Å². The fraction of sp³-hybridized carbons (Fsp3) is 0.778. The zero-order valence-corrected chi connectivity index (χ0v) is 16.0. The Labute approximate surface area is 148 Å². The van der Waals surface area contributed by atoms with E-state index in [9.17, 15) is 0 Å². The summed E-state index contributed by atoms with van der Waals surface area (Å²) in [4.78, 5) is 2.45. The first-order valence-electron chi connectivity index (χ1n) is 9.15. The van der Waals surface area contributed by atoms with Crippen LogP contribution in [-0.4, -0.2) is 35.0 Å². The number of rotatable bonds is 11. The van der Waals surface area contributed by atoms with E-state index in [1.54, 1.807) is 0 Å². The summed E-state index contributed by atoms with van der Waals surface area (Å²) in [6, 6.07) is 0.587. The van der Waals surface area contributed by atoms with Gasteiger partial charge in [0.15, 0.2) is 0 Å². The third-order valence-electron chi connectivity index (χ3n) is 4.07. The molecule has 2 N–H and O–H groups in total. The molecule has 0 fully saturated rings. The first-order chi connectivity index (χ1) is 11.3. The maximum absolute atomic E-state index is 8.74. The van der Waals surface area contributed by atoms with Crippen LogP contribution in [0.2, 0.25) is 0 Å². The molecule has 1 aliphatic rings. The van der Waals surface area contributed by atoms with E-state index in [2.05, 4.69) is 43.2 Å². The van der Waals surface area contributed by atoms with Gasteiger partial charge in [-0.25, -0.2) is 0 Å². The van der Waals surface area contributed by atoms with Crippen molar-refractivity contribution < 1.29 is 17.5 Å². The summed E-state index contributed by atoms with van der Waals surface area (Å²) in [5, 5.41) is 0. The van der Waals surface area contributed by atoms with Gasteiger partial charge in [0.2, 0.25) is 0 Å². The van der Waals surface area contributed by atoms with Crippen LogP contribution in [0.1, 0.15) is 78.1 Å². The minimum Gasteiger partial charge on any atom is -0.371 e. The van der Waals surface area contributed by atoms with E-state index in [1.165, 1.54) is 70.8 Å². The van der Waals surface area contributed by atoms with E-state index >= 15 is 0 Å². The molecule has 1 unspecified atom stereocenters. The fourth-order valence-corrected chi connectivity index (χ4v) is 2.69. The van der Waals surface area contributed by atoms with E-state index in [-0.39, 0.29) is 0 Å². The maximum atomic E-state index is 8.74. The molecule has 1 rings (SSSR count). The molecule has 0 aromatic heterocycles. The summed E-state index contributed by atoms with van der Waals surface area (Å²) >= 11 is 0. The number of allylic oxidation sites excluding steroid dienone is 2. The molecular formula is C18H35NO4S. The predicted molar refractivity (Wildman–Crippen MR) is 100 cm³/mol. The third-order valence-corrected chi connectivity index (χ3v) is 4.07. The summed E-state index contributed by atoms with van der Waals surface area (Å²) in [7, 11) is -4.67. The third kappa shape index (κ3) is 17.5. The van der Waals surface area contributed by atoms with E-state index in [0.29, 0.717) is 6.04 Å². The van der Waals surface area contributed by atoms with Crippen molar-refractivity contribution in [2.45, 2.75) is 84.1 Å². The van der Waals surface area contributed by atoms with Crippen LogP contribution in [0.3, 0.4) is 0 Å². The second-order valence-electron chi connectivity index (χ2n) is 6.33. The second kappa shape index (κ2) is 14.5. The quantitative estimate of drug-likeness (QED) is 0.399. The SMILES string of the molecule is CCCCCCCCCCCCN1C=CC=CC1C.O=S(=O)(O)O. The van der Waals surface area contributed by atoms with Crippen LogP contribution in [0.4, 0.5) is 0 Å². The zero-order chi connectivity index (χ0) is 18.3. The molecule has 0 aliphatic carbocycles. The average Bonchev–Trinajstić information content (AvgIpc) is 2.49. The number of hydrogen-bond acceptors (Lipinski definition) is 3. The van der Waals surface area contributed by atoms with Gasteiger partial charge in [-0.1, -0.05) is 76.9 Å². The molecule has 5 nitrogen and oxygen atoms in total. The topological polar surface area (TPSA) is 77.8 Å². The van der Waals surface area contributed by atoms with Crippen molar-refractivity contribution in [2.75, 3.05) is 6.54 Å². The van der Waals surface area contributed by atoms with Gasteiger partial charge in [-0.05, 0) is 25.6 Å². The highest BCUT2D eigenvalue weighted by Crippen LogP contribution is 2.13. The van der Waals surface area contributed by atoms with Crippen molar-refractivity contribution in [3.05, 3.63) is 24.4 Å². The lowest BCUT2D eigenvalue weighted by Gasteiger charge is -2.27. The van der Waals surface area contributed by atoms with Crippen LogP contribution in [0.25, 0.3) is 0 Å². The molecular weight excluding hydrogens is 326 g/mol. The van der Waals surface area contributed by atoms with Gasteiger partial charge < -0.3 is 4.90 Å². The maximum Gasteiger partial charge on any atom is 0.394 e. The van der Waals surface area contributed by atoms with Crippen LogP contribution in [-0.2, 0) is 10.4 Å². The Hall–Kier alpha value is -0.850. The van der Waals surface area contributed by atoms with Crippen molar-refractivity contribution in [1.82, 2.24) is 4.90 Å². The molecule has 6 heteroatoms. The Bertz CT molecular complexity index is 438. The van der Waals surface area contributed by atoms with E-state index in [0.717, 1.165) is 0 Å². The van der Waals surface area contributed by atoms with Crippen molar-refractivity contribution in [3.63, 3.8) is 0 Å². The summed E-state index contributed by atoms with van der Waals surface area (Å²) < 4.78 is 31.6. The van der Waals surface area contributed by atoms with Gasteiger partial charge in [0.25, 0.3) is 0 Å². The Balaban J connectivity index is 0.000000922. The summed E-state index contributed by atoms with van der Waals surface area (Å²) in [5.41, 5.74) is 0. The highest BCUT2D eigenvalue weighted by molar-refractivity contribution is 7.79. The molecule has 1 aliphatic heterocycles. The molecule has 0 aromatic carbocycles. The van der Waals surface area contributed by atoms with Gasteiger partial charge in [0.05, 0.1) is 0 Å². The first-order valence-corrected chi connectivity index (χ1v) is 10.5. The molecule has 0 aromatic rings. The lowest BCUT2D eigenvalue weighted by atomic mass is 10.1. The largest absolute Gasteiger partial charge is 0.394 e. The Kier molecular flexibility index (Phi) is 14.0. The van der Waals surface area contributed by atoms with E-state index in [1.807, 2.05) is 0 Å². The van der Waals surface area contributed by atoms with Crippen molar-refractivity contribution >= 4 is 10.4 Å². The van der Waals surface area contributed by atoms with Gasteiger partial charge in [-0.2, -0.15) is 8.42 Å². The number of hydrogen-bond donors (Lipinski definition) is 2. The molecule has 1 heterocycles. The lowest BCUT2D eigenvalue weighted by Crippen LogP contribution is -2.28. The molecule has 1 atom stereocenters. The predicted octanol–water partition coefficient (Wildman–Crippen LogP) is 5.03. The fourth-order valence-electron chi connectivity index (χ4n) is 2.69. The van der Waals surface area contributed by atoms with Gasteiger partial charge in [-0.3, -0.25) is 9.11 Å². The van der Waals surface area contributed by atoms with Crippen molar-refractivity contribution in [2.24, 2.45) is 0 Å². The highest BCUT2D eigenvalue weighted by Gasteiger charge is 2.07. The summed E-state index contributed by atoms with van der Waals surface area (Å²) in [5.74, 6) is 0. The minimum absolute atomic E-state index is 0.587. The van der Waals surface area contributed by atoms with E-state index in [4.69, 9.17) is 17.5 Å². The van der Waals surface area contributed by atoms with Gasteiger partial charge in [-0.15, -0.1) is 0 Å². The Morgan fingerprint density at radius 2 is 1.33 bits per heavy atom. The molecule has 0 spiro atoms. The smallest absolute Gasteiger partial charge is 0.371 e. The van der Waals surface area contributed by atoms with Crippen molar-refractivity contribution in [3.8, 4) is 0 Å². The second-order valence-corrected chi connectivity index (χ2v) is 7.23. The lowest BCUT2D eigenvalue weighted by molar-refractivity contribution is 0.322. The normalized spacial score (nSPS) is 16.8. The molecule has 0 radical (unpaired) electrons. The zero-order valence-electron chi connectivity index (χ0n) is 15.2. The van der Waals surface area contributed by atoms with Crippen LogP contribution in [0.5, 0.6) is 0 Å². The van der Waals surface area contributed by atoms with Crippen LogP contribution >= 0.6 is 0 Å². The van der Waals surface area contributed by atoms with Crippen molar-refractivity contribution in [1.29, 1.82) is 0 Å². The van der Waals surface area contributed by atoms with Gasteiger partial charge in [0.1, 0.15) is 0 Å². The average molecular weight is 362 g/mol. The first kappa shape index (κ1) is 23.1. The molecule has 142 valence electrons. The van der Waals surface area contributed by atoms with Gasteiger partial charge >= 0.3 is 10.4 Å². The van der Waals surface area contributed by atoms with Crippen LogP contribution in [0, 0.1) is 0 Å². The minimum atomic E-state index is -4.67. The Morgan fingerprint density at radius 1 is 0.875 bits per heavy atom. The van der Waals surface area contributed by atoms with Crippen LogP contribution < -0.4 is 0 Å². The standard InChI is InChI=1S/C18H33N.H2O4S/c1-3-4-5-6-7-8-9-10-11-13-16-19-17-14-12-15-18(19)2;1-5(2,3)4/h12,14-15,17-18H,3-11,13,16H2,1-2H3;(H2,1,2,3,4). The molecule has 0 bridgehead atoms. The summed E-state index contributed by atoms with van der Waals surface area (Å²) in [6.45, 7) is 5.78. The Morgan fingerprint density at radius 3 is 1.79 bits per heavy atom.